The molecule has 6 heteroatoms. The van der Waals surface area contributed by atoms with E-state index in [4.69, 9.17) is 15.6 Å². The third kappa shape index (κ3) is 13.7. The van der Waals surface area contributed by atoms with Crippen molar-refractivity contribution in [2.45, 2.75) is 27.2 Å². The molecule has 6 nitrogen and oxygen atoms in total. The molecule has 1 aromatic carbocycles. The third-order valence-corrected chi connectivity index (χ3v) is 2.90. The Morgan fingerprint density at radius 1 is 1.19 bits per heavy atom. The van der Waals surface area contributed by atoms with Crippen LogP contribution in [0.4, 0.5) is 5.82 Å². The topological polar surface area (TPSA) is 97.0 Å². The Morgan fingerprint density at radius 2 is 1.89 bits per heavy atom. The molecule has 1 heterocycles. The van der Waals surface area contributed by atoms with Gasteiger partial charge in [-0.25, -0.2) is 0 Å². The summed E-state index contributed by atoms with van der Waals surface area (Å²) in [7, 11) is 1.57. The number of hydrogen-bond acceptors (Lipinski definition) is 5. The van der Waals surface area contributed by atoms with E-state index < -0.39 is 0 Å². The first kappa shape index (κ1) is 23.7. The Morgan fingerprint density at radius 3 is 2.41 bits per heavy atom. The Hall–Kier alpha value is -3.28. The fraction of sp³-hybridized carbons (Fsp3) is 0.238. The van der Waals surface area contributed by atoms with Gasteiger partial charge in [-0.1, -0.05) is 49.4 Å². The molecular weight excluding hydrogens is 340 g/mol. The Kier molecular flexibility index (Phi) is 14.2. The molecule has 0 unspecified atom stereocenters. The minimum atomic E-state index is 0.322. The van der Waals surface area contributed by atoms with E-state index in [1.54, 1.807) is 49.8 Å². The number of H-pyrrole nitrogens is 1. The Bertz CT molecular complexity index is 724. The number of methoxy groups -OCH3 is 1. The second kappa shape index (κ2) is 16.2. The quantitative estimate of drug-likeness (QED) is 0.678. The van der Waals surface area contributed by atoms with Crippen LogP contribution in [0.15, 0.2) is 73.1 Å². The number of rotatable bonds is 3. The zero-order valence-electron chi connectivity index (χ0n) is 16.5. The maximum Gasteiger partial charge on any atom is 0.157 e. The molecule has 0 bridgehead atoms. The molecule has 0 radical (unpaired) electrons. The molecule has 0 saturated carbocycles. The maximum absolute atomic E-state index is 8.63. The molecule has 0 amide bonds. The predicted octanol–water partition coefficient (Wildman–Crippen LogP) is 4.75. The van der Waals surface area contributed by atoms with Crippen LogP contribution >= 0.6 is 0 Å². The summed E-state index contributed by atoms with van der Waals surface area (Å²) in [5.41, 5.74) is 6.25. The number of nitrogens with two attached hydrogens (primary N) is 1. The fourth-order valence-corrected chi connectivity index (χ4v) is 1.53. The number of allylic oxidation sites excluding steroid dienone is 4. The summed E-state index contributed by atoms with van der Waals surface area (Å²) in [5.74, 6) is 1.32. The van der Waals surface area contributed by atoms with E-state index in [2.05, 4.69) is 34.3 Å². The molecule has 2 aromatic rings. The molecule has 1 aromatic heterocycles. The lowest BCUT2D eigenvalue weighted by atomic mass is 10.3. The van der Waals surface area contributed by atoms with Gasteiger partial charge in [0, 0.05) is 12.3 Å². The smallest absolute Gasteiger partial charge is 0.157 e. The van der Waals surface area contributed by atoms with Gasteiger partial charge in [-0.05, 0) is 32.4 Å². The Labute approximate surface area is 161 Å². The molecule has 4 N–H and O–H groups in total. The summed E-state index contributed by atoms with van der Waals surface area (Å²) < 4.78 is 5.05. The number of phenolic OH excluding ortho intramolecular Hbond substituents is 1. The SMILES string of the molecule is C/C=C\C=C/CC.COc1cnccc(N)n[nH]c1C.Oc1ccccc1. The number of aromatic nitrogens is 3. The van der Waals surface area contributed by atoms with Crippen molar-refractivity contribution in [3.8, 4) is 11.5 Å². The monoisotopic (exact) mass is 370 g/mol. The molecule has 0 atom stereocenters. The predicted molar refractivity (Wildman–Crippen MR) is 112 cm³/mol. The average molecular weight is 370 g/mol. The number of aromatic amines is 1. The van der Waals surface area contributed by atoms with E-state index in [0.717, 1.165) is 12.1 Å². The van der Waals surface area contributed by atoms with E-state index in [1.807, 2.05) is 32.1 Å². The molecule has 0 aliphatic rings. The second-order valence-corrected chi connectivity index (χ2v) is 5.13. The summed E-state index contributed by atoms with van der Waals surface area (Å²) >= 11 is 0. The van der Waals surface area contributed by atoms with Crippen LogP contribution in [-0.4, -0.2) is 27.4 Å². The van der Waals surface area contributed by atoms with Crippen molar-refractivity contribution in [2.75, 3.05) is 12.8 Å². The number of aromatic hydroxyl groups is 1. The minimum Gasteiger partial charge on any atom is -0.508 e. The van der Waals surface area contributed by atoms with Gasteiger partial charge in [-0.15, -0.1) is 0 Å². The van der Waals surface area contributed by atoms with Crippen molar-refractivity contribution in [1.29, 1.82) is 0 Å². The first-order chi connectivity index (χ1) is 13.0. The number of anilines is 1. The summed E-state index contributed by atoms with van der Waals surface area (Å²) in [5, 5.41) is 15.2. The highest BCUT2D eigenvalue weighted by molar-refractivity contribution is 5.24. The minimum absolute atomic E-state index is 0.322. The lowest BCUT2D eigenvalue weighted by Crippen LogP contribution is -1.91. The van der Waals surface area contributed by atoms with Gasteiger partial charge in [0.15, 0.2) is 5.75 Å². The van der Waals surface area contributed by atoms with Crippen LogP contribution in [0.25, 0.3) is 0 Å². The summed E-state index contributed by atoms with van der Waals surface area (Å²) in [6.45, 7) is 5.97. The van der Waals surface area contributed by atoms with Gasteiger partial charge in [0.25, 0.3) is 0 Å². The number of aryl methyl sites for hydroxylation is 1. The van der Waals surface area contributed by atoms with Crippen LogP contribution in [0.5, 0.6) is 11.5 Å². The molecule has 0 aliphatic heterocycles. The van der Waals surface area contributed by atoms with E-state index in [9.17, 15) is 0 Å². The van der Waals surface area contributed by atoms with Crippen LogP contribution in [0.2, 0.25) is 0 Å². The van der Waals surface area contributed by atoms with Crippen molar-refractivity contribution in [2.24, 2.45) is 0 Å². The molecule has 0 aliphatic carbocycles. The fourth-order valence-electron chi connectivity index (χ4n) is 1.53. The number of benzene rings is 1. The van der Waals surface area contributed by atoms with Gasteiger partial charge in [0.2, 0.25) is 0 Å². The summed E-state index contributed by atoms with van der Waals surface area (Å²) in [4.78, 5) is 3.95. The van der Waals surface area contributed by atoms with Crippen molar-refractivity contribution in [3.05, 3.63) is 78.8 Å². The van der Waals surface area contributed by atoms with Gasteiger partial charge in [-0.2, -0.15) is 5.10 Å². The van der Waals surface area contributed by atoms with Crippen LogP contribution in [0.1, 0.15) is 26.0 Å². The zero-order chi connectivity index (χ0) is 20.3. The first-order valence-electron chi connectivity index (χ1n) is 8.60. The standard InChI is InChI=1S/C8H12N4O.C7H12.C6H6O/c1-6-7(13-2)5-10-4-3-8(9)12-11-6;1-3-5-7-6-4-2;7-6-4-2-1-3-5-6/h3-5,11H,1-2H3,(H2,9,12);3,5-7H,4H2,1-2H3;1-5,7H/b;5-3-,7-6-;. The Balaban J connectivity index is 0.000000410. The van der Waals surface area contributed by atoms with Gasteiger partial charge < -0.3 is 15.6 Å². The highest BCUT2D eigenvalue weighted by atomic mass is 16.5. The van der Waals surface area contributed by atoms with Gasteiger partial charge in [-0.3, -0.25) is 10.1 Å². The number of ether oxygens (including phenoxy) is 1. The van der Waals surface area contributed by atoms with Crippen molar-refractivity contribution >= 4 is 5.82 Å². The summed E-state index contributed by atoms with van der Waals surface area (Å²) in [6, 6.07) is 10.3. The number of nitrogens with one attached hydrogen (secondary N) is 1. The molecule has 0 saturated heterocycles. The maximum atomic E-state index is 8.63. The number of nitrogens with zero attached hydrogens (tertiary/aromatic N) is 2. The average Bonchev–Trinajstić information content (AvgIpc) is 2.75. The van der Waals surface area contributed by atoms with E-state index in [-0.39, 0.29) is 0 Å². The van der Waals surface area contributed by atoms with Gasteiger partial charge in [0.05, 0.1) is 19.0 Å². The molecule has 2 rings (SSSR count). The van der Waals surface area contributed by atoms with Gasteiger partial charge >= 0.3 is 0 Å². The first-order valence-corrected chi connectivity index (χ1v) is 8.60. The van der Waals surface area contributed by atoms with Crippen molar-refractivity contribution in [3.63, 3.8) is 0 Å². The highest BCUT2D eigenvalue weighted by Gasteiger charge is 1.92. The number of phenols is 1. The second-order valence-electron chi connectivity index (χ2n) is 5.13. The van der Waals surface area contributed by atoms with Gasteiger partial charge in [0.1, 0.15) is 11.6 Å². The highest BCUT2D eigenvalue weighted by Crippen LogP contribution is 2.08. The van der Waals surface area contributed by atoms with Crippen LogP contribution in [0.3, 0.4) is 0 Å². The van der Waals surface area contributed by atoms with Crippen molar-refractivity contribution < 1.29 is 9.84 Å². The summed E-state index contributed by atoms with van der Waals surface area (Å²) in [6.07, 6.45) is 12.5. The van der Waals surface area contributed by atoms with E-state index in [1.165, 1.54) is 0 Å². The number of nitrogen functional groups attached to an aromatic ring is 1. The normalized spacial score (nSPS) is 9.63. The number of hydrogen-bond donors (Lipinski definition) is 3. The lowest BCUT2D eigenvalue weighted by molar-refractivity contribution is 0.407. The molecule has 0 spiro atoms. The van der Waals surface area contributed by atoms with Crippen molar-refractivity contribution in [1.82, 2.24) is 15.2 Å². The van der Waals surface area contributed by atoms with Crippen LogP contribution in [-0.2, 0) is 0 Å². The number of para-hydroxylation sites is 1. The molecule has 0 fully saturated rings. The molecule has 27 heavy (non-hydrogen) atoms. The molecule has 146 valence electrons. The van der Waals surface area contributed by atoms with E-state index >= 15 is 0 Å². The van der Waals surface area contributed by atoms with E-state index in [0.29, 0.717) is 17.3 Å². The van der Waals surface area contributed by atoms with Crippen LogP contribution < -0.4 is 10.5 Å². The molecular formula is C21H30N4O2. The third-order valence-electron chi connectivity index (χ3n) is 2.90. The van der Waals surface area contributed by atoms with Crippen LogP contribution in [0, 0.1) is 6.92 Å². The zero-order valence-corrected chi connectivity index (χ0v) is 16.5. The largest absolute Gasteiger partial charge is 0.508 e. The lowest BCUT2D eigenvalue weighted by Gasteiger charge is -1.97.